The van der Waals surface area contributed by atoms with Gasteiger partial charge in [0.15, 0.2) is 6.29 Å². The molecule has 0 aliphatic rings. The maximum atomic E-state index is 11.1. The highest BCUT2D eigenvalue weighted by atomic mass is 35.5. The lowest BCUT2D eigenvalue weighted by Crippen LogP contribution is -1.99. The highest BCUT2D eigenvalue weighted by Gasteiger charge is 2.13. The highest BCUT2D eigenvalue weighted by molar-refractivity contribution is 6.42. The molecule has 2 aromatic carbocycles. The lowest BCUT2D eigenvalue weighted by molar-refractivity contribution is 0.111. The summed E-state index contributed by atoms with van der Waals surface area (Å²) in [5, 5.41) is 5.23. The van der Waals surface area contributed by atoms with Gasteiger partial charge < -0.3 is 4.74 Å². The van der Waals surface area contributed by atoms with Gasteiger partial charge in [0.05, 0.1) is 28.5 Å². The monoisotopic (exact) mass is 346 g/mol. The van der Waals surface area contributed by atoms with Crippen LogP contribution in [-0.4, -0.2) is 23.2 Å². The fraction of sp³-hybridized carbons (Fsp3) is 0.0588. The average molecular weight is 347 g/mol. The molecule has 0 radical (unpaired) electrons. The van der Waals surface area contributed by atoms with Gasteiger partial charge in [0.1, 0.15) is 11.4 Å². The SMILES string of the molecule is COc1ccc(-n2nc(C=O)cc2-c2ccc(Cl)c(Cl)c2)cc1. The number of rotatable bonds is 4. The first-order valence-corrected chi connectivity index (χ1v) is 7.53. The van der Waals surface area contributed by atoms with Crippen LogP contribution in [0, 0.1) is 0 Å². The summed E-state index contributed by atoms with van der Waals surface area (Å²) in [6.07, 6.45) is 0.709. The van der Waals surface area contributed by atoms with Crippen molar-refractivity contribution in [1.82, 2.24) is 9.78 Å². The number of benzene rings is 2. The van der Waals surface area contributed by atoms with E-state index in [1.165, 1.54) is 0 Å². The van der Waals surface area contributed by atoms with Crippen molar-refractivity contribution in [2.24, 2.45) is 0 Å². The number of hydrogen-bond acceptors (Lipinski definition) is 3. The normalized spacial score (nSPS) is 10.6. The molecule has 3 aromatic rings. The van der Waals surface area contributed by atoms with Crippen molar-refractivity contribution in [3.8, 4) is 22.7 Å². The number of carbonyl (C=O) groups excluding carboxylic acids is 1. The smallest absolute Gasteiger partial charge is 0.170 e. The molecule has 0 spiro atoms. The molecule has 0 aliphatic heterocycles. The fourth-order valence-corrected chi connectivity index (χ4v) is 2.54. The van der Waals surface area contributed by atoms with E-state index in [0.29, 0.717) is 22.0 Å². The minimum atomic E-state index is 0.335. The Labute approximate surface area is 143 Å². The van der Waals surface area contributed by atoms with Gasteiger partial charge in [0, 0.05) is 5.56 Å². The summed E-state index contributed by atoms with van der Waals surface area (Å²) < 4.78 is 6.84. The van der Waals surface area contributed by atoms with E-state index in [2.05, 4.69) is 5.10 Å². The number of methoxy groups -OCH3 is 1. The van der Waals surface area contributed by atoms with E-state index in [0.717, 1.165) is 22.7 Å². The Balaban J connectivity index is 2.14. The van der Waals surface area contributed by atoms with Crippen LogP contribution in [0.2, 0.25) is 10.0 Å². The van der Waals surface area contributed by atoms with Crippen LogP contribution >= 0.6 is 23.2 Å². The van der Waals surface area contributed by atoms with Crippen molar-refractivity contribution >= 4 is 29.5 Å². The molecule has 0 saturated heterocycles. The third-order valence-electron chi connectivity index (χ3n) is 3.38. The minimum absolute atomic E-state index is 0.335. The van der Waals surface area contributed by atoms with Gasteiger partial charge in [-0.1, -0.05) is 29.3 Å². The molecular weight excluding hydrogens is 335 g/mol. The van der Waals surface area contributed by atoms with Crippen molar-refractivity contribution in [1.29, 1.82) is 0 Å². The average Bonchev–Trinajstić information content (AvgIpc) is 3.02. The van der Waals surface area contributed by atoms with E-state index < -0.39 is 0 Å². The quantitative estimate of drug-likeness (QED) is 0.645. The molecule has 0 amide bonds. The number of aromatic nitrogens is 2. The lowest BCUT2D eigenvalue weighted by Gasteiger charge is -2.09. The maximum Gasteiger partial charge on any atom is 0.170 e. The predicted octanol–water partition coefficient (Wildman–Crippen LogP) is 4.67. The van der Waals surface area contributed by atoms with Gasteiger partial charge in [-0.15, -0.1) is 0 Å². The zero-order chi connectivity index (χ0) is 16.4. The Hall–Kier alpha value is -2.30. The molecular formula is C17H12Cl2N2O2. The van der Waals surface area contributed by atoms with E-state index in [-0.39, 0.29) is 0 Å². The number of hydrogen-bond donors (Lipinski definition) is 0. The van der Waals surface area contributed by atoms with Crippen molar-refractivity contribution in [3.05, 3.63) is 64.3 Å². The van der Waals surface area contributed by atoms with Crippen LogP contribution in [0.5, 0.6) is 5.75 Å². The number of nitrogens with zero attached hydrogens (tertiary/aromatic N) is 2. The van der Waals surface area contributed by atoms with Gasteiger partial charge in [-0.2, -0.15) is 5.10 Å². The molecule has 1 heterocycles. The van der Waals surface area contributed by atoms with Crippen LogP contribution in [0.3, 0.4) is 0 Å². The third-order valence-corrected chi connectivity index (χ3v) is 4.12. The summed E-state index contributed by atoms with van der Waals surface area (Å²) in [5.41, 5.74) is 2.70. The number of carbonyl (C=O) groups is 1. The van der Waals surface area contributed by atoms with Crippen molar-refractivity contribution in [2.45, 2.75) is 0 Å². The van der Waals surface area contributed by atoms with Crippen LogP contribution in [0.25, 0.3) is 16.9 Å². The van der Waals surface area contributed by atoms with E-state index in [1.54, 1.807) is 30.0 Å². The molecule has 6 heteroatoms. The minimum Gasteiger partial charge on any atom is -0.497 e. The molecule has 0 unspecified atom stereocenters. The van der Waals surface area contributed by atoms with Crippen molar-refractivity contribution in [3.63, 3.8) is 0 Å². The Morgan fingerprint density at radius 3 is 2.39 bits per heavy atom. The molecule has 116 valence electrons. The van der Waals surface area contributed by atoms with E-state index in [9.17, 15) is 4.79 Å². The van der Waals surface area contributed by atoms with Gasteiger partial charge in [-0.05, 0) is 42.5 Å². The fourth-order valence-electron chi connectivity index (χ4n) is 2.24. The van der Waals surface area contributed by atoms with Crippen LogP contribution < -0.4 is 4.74 Å². The third kappa shape index (κ3) is 3.09. The van der Waals surface area contributed by atoms with Gasteiger partial charge in [-0.25, -0.2) is 4.68 Å². The zero-order valence-corrected chi connectivity index (χ0v) is 13.7. The van der Waals surface area contributed by atoms with E-state index in [1.807, 2.05) is 30.3 Å². The first-order chi connectivity index (χ1) is 11.1. The van der Waals surface area contributed by atoms with Gasteiger partial charge >= 0.3 is 0 Å². The first-order valence-electron chi connectivity index (χ1n) is 6.77. The molecule has 3 rings (SSSR count). The molecule has 23 heavy (non-hydrogen) atoms. The molecule has 1 aromatic heterocycles. The first kappa shape index (κ1) is 15.6. The summed E-state index contributed by atoms with van der Waals surface area (Å²) >= 11 is 12.1. The standard InChI is InChI=1S/C17H12Cl2N2O2/c1-23-14-5-3-13(4-6-14)21-17(9-12(10-22)20-21)11-2-7-15(18)16(19)8-11/h2-10H,1H3. The second-order valence-electron chi connectivity index (χ2n) is 4.81. The molecule has 0 N–H and O–H groups in total. The van der Waals surface area contributed by atoms with Crippen LogP contribution in [0.15, 0.2) is 48.5 Å². The molecule has 4 nitrogen and oxygen atoms in total. The van der Waals surface area contributed by atoms with E-state index in [4.69, 9.17) is 27.9 Å². The van der Waals surface area contributed by atoms with Gasteiger partial charge in [0.25, 0.3) is 0 Å². The van der Waals surface area contributed by atoms with Crippen LogP contribution in [-0.2, 0) is 0 Å². The van der Waals surface area contributed by atoms with Crippen molar-refractivity contribution in [2.75, 3.05) is 7.11 Å². The number of halogens is 2. The molecule has 0 saturated carbocycles. The van der Waals surface area contributed by atoms with Gasteiger partial charge in [-0.3, -0.25) is 4.79 Å². The number of aldehydes is 1. The Kier molecular flexibility index (Phi) is 4.37. The number of ether oxygens (including phenoxy) is 1. The Bertz CT molecular complexity index is 858. The zero-order valence-electron chi connectivity index (χ0n) is 12.2. The van der Waals surface area contributed by atoms with Gasteiger partial charge in [0.2, 0.25) is 0 Å². The summed E-state index contributed by atoms with van der Waals surface area (Å²) in [6, 6.07) is 14.4. The second-order valence-corrected chi connectivity index (χ2v) is 5.63. The molecule has 0 fully saturated rings. The van der Waals surface area contributed by atoms with Crippen LogP contribution in [0.1, 0.15) is 10.5 Å². The Morgan fingerprint density at radius 1 is 1.04 bits per heavy atom. The lowest BCUT2D eigenvalue weighted by atomic mass is 10.1. The molecule has 0 bridgehead atoms. The maximum absolute atomic E-state index is 11.1. The Morgan fingerprint density at radius 2 is 1.78 bits per heavy atom. The summed E-state index contributed by atoms with van der Waals surface area (Å²) in [6.45, 7) is 0. The summed E-state index contributed by atoms with van der Waals surface area (Å²) in [4.78, 5) is 11.1. The highest BCUT2D eigenvalue weighted by Crippen LogP contribution is 2.30. The van der Waals surface area contributed by atoms with E-state index >= 15 is 0 Å². The summed E-state index contributed by atoms with van der Waals surface area (Å²) in [5.74, 6) is 0.743. The largest absolute Gasteiger partial charge is 0.497 e. The van der Waals surface area contributed by atoms with Crippen molar-refractivity contribution < 1.29 is 9.53 Å². The molecule has 0 aliphatic carbocycles. The van der Waals surface area contributed by atoms with Crippen LogP contribution in [0.4, 0.5) is 0 Å². The predicted molar refractivity (Wildman–Crippen MR) is 91.0 cm³/mol. The summed E-state index contributed by atoms with van der Waals surface area (Å²) in [7, 11) is 1.61. The second kappa shape index (κ2) is 6.44. The topological polar surface area (TPSA) is 44.1 Å². The molecule has 0 atom stereocenters.